The van der Waals surface area contributed by atoms with Gasteiger partial charge in [0.25, 0.3) is 0 Å². The van der Waals surface area contributed by atoms with Crippen LogP contribution in [0.1, 0.15) is 25.3 Å². The van der Waals surface area contributed by atoms with Crippen LogP contribution in [0.25, 0.3) is 22.6 Å². The van der Waals surface area contributed by atoms with Crippen molar-refractivity contribution in [2.75, 3.05) is 37.1 Å². The van der Waals surface area contributed by atoms with Crippen molar-refractivity contribution >= 4 is 28.6 Å². The summed E-state index contributed by atoms with van der Waals surface area (Å²) in [7, 11) is 3.07. The molecule has 0 spiro atoms. The van der Waals surface area contributed by atoms with Crippen molar-refractivity contribution < 1.29 is 14.3 Å². The van der Waals surface area contributed by atoms with Crippen LogP contribution < -0.4 is 19.3 Å². The molecule has 0 unspecified atom stereocenters. The highest BCUT2D eigenvalue weighted by atomic mass is 16.5. The molecule has 11 nitrogen and oxygen atoms in total. The first-order valence-corrected chi connectivity index (χ1v) is 12.4. The normalized spacial score (nSPS) is 15.9. The summed E-state index contributed by atoms with van der Waals surface area (Å²) in [5, 5.41) is 0. The second-order valence-corrected chi connectivity index (χ2v) is 9.12. The molecule has 37 heavy (non-hydrogen) atoms. The highest BCUT2D eigenvalue weighted by molar-refractivity contribution is 6.02. The molecule has 11 heteroatoms. The third-order valence-electron chi connectivity index (χ3n) is 7.17. The summed E-state index contributed by atoms with van der Waals surface area (Å²) in [5.41, 5.74) is 4.28. The van der Waals surface area contributed by atoms with Crippen molar-refractivity contribution in [3.63, 3.8) is 0 Å². The fraction of sp³-hybridized carbons (Fsp3) is 0.385. The van der Waals surface area contributed by atoms with Crippen LogP contribution in [-0.2, 0) is 17.8 Å². The number of carbonyl (C=O) groups is 1. The maximum Gasteiger partial charge on any atom is 0.319 e. The fourth-order valence-electron chi connectivity index (χ4n) is 5.43. The Morgan fingerprint density at radius 2 is 1.84 bits per heavy atom. The smallest absolute Gasteiger partial charge is 0.319 e. The van der Waals surface area contributed by atoms with E-state index in [2.05, 4.69) is 30.9 Å². The second kappa shape index (κ2) is 9.30. The summed E-state index contributed by atoms with van der Waals surface area (Å²) in [5.74, 6) is 2.01. The van der Waals surface area contributed by atoms with Crippen LogP contribution in [0.2, 0.25) is 0 Å². The quantitative estimate of drug-likeness (QED) is 0.394. The molecule has 3 aromatic heterocycles. The predicted molar refractivity (Wildman–Crippen MR) is 138 cm³/mol. The first kappa shape index (κ1) is 23.1. The molecule has 190 valence electrons. The zero-order valence-corrected chi connectivity index (χ0v) is 21.1. The number of aromatic nitrogens is 6. The Hall–Kier alpha value is -4.28. The number of rotatable bonds is 6. The van der Waals surface area contributed by atoms with Crippen molar-refractivity contribution in [2.45, 2.75) is 38.8 Å². The average Bonchev–Trinajstić information content (AvgIpc) is 3.49. The van der Waals surface area contributed by atoms with Gasteiger partial charge in [0.1, 0.15) is 12.2 Å². The number of piperidine rings is 1. The first-order chi connectivity index (χ1) is 18.1. The molecule has 0 radical (unpaired) electrons. The van der Waals surface area contributed by atoms with Gasteiger partial charge >= 0.3 is 6.01 Å². The molecular formula is C26H28N8O3. The number of carbonyl (C=O) groups excluding carboxylic acids is 1. The van der Waals surface area contributed by atoms with Gasteiger partial charge in [0, 0.05) is 37.6 Å². The van der Waals surface area contributed by atoms with Gasteiger partial charge in [0.15, 0.2) is 17.0 Å². The molecule has 2 aliphatic heterocycles. The Morgan fingerprint density at radius 3 is 2.59 bits per heavy atom. The third-order valence-corrected chi connectivity index (χ3v) is 7.17. The first-order valence-electron chi connectivity index (χ1n) is 12.4. The molecule has 2 aliphatic rings. The minimum Gasteiger partial charge on any atom is -0.480 e. The maximum absolute atomic E-state index is 12.8. The molecule has 0 N–H and O–H groups in total. The number of fused-ring (bicyclic) bond motifs is 2. The number of nitrogens with zero attached hydrogens (tertiary/aromatic N) is 8. The Bertz CT molecular complexity index is 1480. The molecule has 1 fully saturated rings. The van der Waals surface area contributed by atoms with Crippen molar-refractivity contribution in [1.29, 1.82) is 0 Å². The van der Waals surface area contributed by atoms with Crippen molar-refractivity contribution in [3.05, 3.63) is 42.4 Å². The van der Waals surface area contributed by atoms with Gasteiger partial charge in [0.2, 0.25) is 11.8 Å². The van der Waals surface area contributed by atoms with Gasteiger partial charge in [-0.05, 0) is 31.4 Å². The number of anilines is 2. The standard InChI is InChI=1S/C26H28N8O3/c1-4-33-22(18-14-27-26(37-3)31-25(18)36-2)30-21-23(28-15-29-24(21)33)32-11-9-17(10-12-32)34-19-8-6-5-7-16(19)13-20(34)35/h5-8,14-15,17H,4,9-13H2,1-3H3. The van der Waals surface area contributed by atoms with E-state index in [4.69, 9.17) is 14.5 Å². The number of methoxy groups -OCH3 is 2. The van der Waals surface area contributed by atoms with Crippen LogP contribution in [0.3, 0.4) is 0 Å². The number of para-hydroxylation sites is 1. The van der Waals surface area contributed by atoms with Crippen LogP contribution in [0.15, 0.2) is 36.8 Å². The van der Waals surface area contributed by atoms with Crippen LogP contribution >= 0.6 is 0 Å². The zero-order valence-electron chi connectivity index (χ0n) is 21.1. The van der Waals surface area contributed by atoms with Crippen LogP contribution in [0, 0.1) is 0 Å². The van der Waals surface area contributed by atoms with E-state index in [0.29, 0.717) is 30.2 Å². The topological polar surface area (TPSA) is 111 Å². The largest absolute Gasteiger partial charge is 0.480 e. The lowest BCUT2D eigenvalue weighted by Crippen LogP contribution is -2.46. The van der Waals surface area contributed by atoms with Crippen LogP contribution in [0.4, 0.5) is 11.5 Å². The summed E-state index contributed by atoms with van der Waals surface area (Å²) >= 11 is 0. The van der Waals surface area contributed by atoms with Gasteiger partial charge in [-0.15, -0.1) is 0 Å². The Morgan fingerprint density at radius 1 is 1.03 bits per heavy atom. The lowest BCUT2D eigenvalue weighted by atomic mass is 10.0. The van der Waals surface area contributed by atoms with E-state index in [9.17, 15) is 4.79 Å². The Labute approximate surface area is 214 Å². The van der Waals surface area contributed by atoms with Crippen molar-refractivity contribution in [2.24, 2.45) is 0 Å². The number of benzene rings is 1. The van der Waals surface area contributed by atoms with E-state index in [1.807, 2.05) is 34.6 Å². The summed E-state index contributed by atoms with van der Waals surface area (Å²) < 4.78 is 12.7. The number of imidazole rings is 1. The molecule has 1 amide bonds. The van der Waals surface area contributed by atoms with Gasteiger partial charge in [-0.25, -0.2) is 19.9 Å². The van der Waals surface area contributed by atoms with E-state index in [-0.39, 0.29) is 18.0 Å². The molecule has 6 rings (SSSR count). The molecule has 1 saturated heterocycles. The summed E-state index contributed by atoms with van der Waals surface area (Å²) in [6.07, 6.45) is 5.43. The molecule has 4 aromatic rings. The molecule has 0 saturated carbocycles. The lowest BCUT2D eigenvalue weighted by molar-refractivity contribution is -0.117. The number of hydrogen-bond acceptors (Lipinski definition) is 9. The van der Waals surface area contributed by atoms with Gasteiger partial charge in [-0.1, -0.05) is 18.2 Å². The van der Waals surface area contributed by atoms with E-state index in [0.717, 1.165) is 54.2 Å². The summed E-state index contributed by atoms with van der Waals surface area (Å²) in [6, 6.07) is 8.50. The van der Waals surface area contributed by atoms with Gasteiger partial charge < -0.3 is 23.8 Å². The second-order valence-electron chi connectivity index (χ2n) is 9.12. The van der Waals surface area contributed by atoms with Gasteiger partial charge in [-0.2, -0.15) is 4.98 Å². The van der Waals surface area contributed by atoms with Crippen LogP contribution in [0.5, 0.6) is 11.9 Å². The highest BCUT2D eigenvalue weighted by Gasteiger charge is 2.35. The Balaban J connectivity index is 1.31. The highest BCUT2D eigenvalue weighted by Crippen LogP contribution is 2.36. The zero-order chi connectivity index (χ0) is 25.5. The number of amides is 1. The summed E-state index contributed by atoms with van der Waals surface area (Å²) in [4.78, 5) is 39.8. The SMILES string of the molecule is CCn1c(-c2cnc(OC)nc2OC)nc2c(N3CCC(N4C(=O)Cc5ccccc54)CC3)ncnc21. The summed E-state index contributed by atoms with van der Waals surface area (Å²) in [6.45, 7) is 4.23. The molecule has 0 bridgehead atoms. The average molecular weight is 501 g/mol. The minimum atomic E-state index is 0.175. The van der Waals surface area contributed by atoms with Crippen LogP contribution in [-0.4, -0.2) is 68.7 Å². The molecule has 0 aliphatic carbocycles. The number of ether oxygens (including phenoxy) is 2. The molecular weight excluding hydrogens is 472 g/mol. The minimum absolute atomic E-state index is 0.175. The maximum atomic E-state index is 12.8. The van der Waals surface area contributed by atoms with E-state index < -0.39 is 0 Å². The molecule has 1 aromatic carbocycles. The lowest BCUT2D eigenvalue weighted by Gasteiger charge is -2.37. The van der Waals surface area contributed by atoms with Crippen molar-refractivity contribution in [1.82, 2.24) is 29.5 Å². The monoisotopic (exact) mass is 500 g/mol. The predicted octanol–water partition coefficient (Wildman–Crippen LogP) is 2.88. The van der Waals surface area contributed by atoms with E-state index in [1.165, 1.54) is 7.11 Å². The molecule has 5 heterocycles. The van der Waals surface area contributed by atoms with E-state index >= 15 is 0 Å². The van der Waals surface area contributed by atoms with Gasteiger partial charge in [-0.3, -0.25) is 4.79 Å². The fourth-order valence-corrected chi connectivity index (χ4v) is 5.43. The van der Waals surface area contributed by atoms with Crippen molar-refractivity contribution in [3.8, 4) is 23.3 Å². The Kier molecular flexibility index (Phi) is 5.82. The van der Waals surface area contributed by atoms with Gasteiger partial charge in [0.05, 0.1) is 26.2 Å². The third kappa shape index (κ3) is 3.81. The van der Waals surface area contributed by atoms with E-state index in [1.54, 1.807) is 19.6 Å². The molecule has 0 atom stereocenters. The number of hydrogen-bond donors (Lipinski definition) is 0. The number of aryl methyl sites for hydroxylation is 1.